The molecule has 0 aliphatic rings. The van der Waals surface area contributed by atoms with E-state index in [0.717, 1.165) is 5.56 Å². The van der Waals surface area contributed by atoms with Gasteiger partial charge in [-0.15, -0.1) is 0 Å². The molecule has 0 radical (unpaired) electrons. The second-order valence-corrected chi connectivity index (χ2v) is 3.42. The average molecular weight is 233 g/mol. The van der Waals surface area contributed by atoms with Gasteiger partial charge >= 0.3 is 0 Å². The fraction of sp³-hybridized carbons (Fsp3) is 0.167. The van der Waals surface area contributed by atoms with Crippen LogP contribution in [0.25, 0.3) is 11.3 Å². The lowest BCUT2D eigenvalue weighted by molar-refractivity contribution is 0.392. The highest BCUT2D eigenvalue weighted by Gasteiger charge is 2.12. The molecule has 0 fully saturated rings. The molecule has 2 N–H and O–H groups in total. The lowest BCUT2D eigenvalue weighted by atomic mass is 10.1. The van der Waals surface area contributed by atoms with Crippen LogP contribution in [0.5, 0.6) is 5.88 Å². The van der Waals surface area contributed by atoms with Crippen LogP contribution in [0.15, 0.2) is 30.6 Å². The molecular weight excluding hydrogens is 221 g/mol. The Morgan fingerprint density at radius 3 is 2.53 bits per heavy atom. The third-order valence-electron chi connectivity index (χ3n) is 2.42. The van der Waals surface area contributed by atoms with Crippen LogP contribution >= 0.6 is 0 Å². The summed E-state index contributed by atoms with van der Waals surface area (Å²) < 4.78 is 18.0. The van der Waals surface area contributed by atoms with E-state index in [1.54, 1.807) is 12.1 Å². The molecule has 1 aromatic carbocycles. The van der Waals surface area contributed by atoms with Gasteiger partial charge in [-0.05, 0) is 24.3 Å². The Balaban J connectivity index is 2.54. The second-order valence-electron chi connectivity index (χ2n) is 3.42. The van der Waals surface area contributed by atoms with Crippen LogP contribution in [-0.4, -0.2) is 17.1 Å². The van der Waals surface area contributed by atoms with Crippen molar-refractivity contribution in [3.63, 3.8) is 0 Å². The molecule has 0 unspecified atom stereocenters. The highest BCUT2D eigenvalue weighted by atomic mass is 19.1. The zero-order chi connectivity index (χ0) is 12.3. The lowest BCUT2D eigenvalue weighted by Gasteiger charge is -2.10. The standard InChI is InChI=1S/C12H12FN3O/c1-17-12-10(6-14)11(15-7-16-12)8-2-4-9(13)5-3-8/h2-5,7H,6,14H2,1H3. The van der Waals surface area contributed by atoms with Crippen molar-refractivity contribution >= 4 is 0 Å². The maximum atomic E-state index is 12.8. The van der Waals surface area contributed by atoms with Gasteiger partial charge in [-0.1, -0.05) is 0 Å². The normalized spacial score (nSPS) is 10.3. The van der Waals surface area contributed by atoms with Crippen LogP contribution in [0.3, 0.4) is 0 Å². The number of benzene rings is 1. The maximum Gasteiger partial charge on any atom is 0.221 e. The zero-order valence-corrected chi connectivity index (χ0v) is 9.35. The van der Waals surface area contributed by atoms with Gasteiger partial charge < -0.3 is 10.5 Å². The maximum absolute atomic E-state index is 12.8. The Morgan fingerprint density at radius 2 is 1.94 bits per heavy atom. The van der Waals surface area contributed by atoms with Crippen LogP contribution in [0, 0.1) is 5.82 Å². The van der Waals surface area contributed by atoms with Gasteiger partial charge in [-0.25, -0.2) is 14.4 Å². The summed E-state index contributed by atoms with van der Waals surface area (Å²) in [7, 11) is 1.52. The summed E-state index contributed by atoms with van der Waals surface area (Å²) in [6, 6.07) is 6.06. The number of methoxy groups -OCH3 is 1. The van der Waals surface area contributed by atoms with E-state index < -0.39 is 0 Å². The van der Waals surface area contributed by atoms with E-state index in [1.165, 1.54) is 25.6 Å². The number of ether oxygens (including phenoxy) is 1. The summed E-state index contributed by atoms with van der Waals surface area (Å²) in [5.41, 5.74) is 7.82. The molecule has 0 amide bonds. The predicted molar refractivity (Wildman–Crippen MR) is 61.9 cm³/mol. The Kier molecular flexibility index (Phi) is 3.30. The van der Waals surface area contributed by atoms with Gasteiger partial charge in [0.2, 0.25) is 5.88 Å². The van der Waals surface area contributed by atoms with Crippen molar-refractivity contribution < 1.29 is 9.13 Å². The van der Waals surface area contributed by atoms with Gasteiger partial charge in [-0.2, -0.15) is 0 Å². The molecule has 1 aromatic heterocycles. The van der Waals surface area contributed by atoms with E-state index in [-0.39, 0.29) is 12.4 Å². The second kappa shape index (κ2) is 4.88. The van der Waals surface area contributed by atoms with Gasteiger partial charge in [0, 0.05) is 12.1 Å². The first-order valence-electron chi connectivity index (χ1n) is 5.10. The minimum Gasteiger partial charge on any atom is -0.481 e. The summed E-state index contributed by atoms with van der Waals surface area (Å²) in [6.45, 7) is 0.261. The number of nitrogens with zero attached hydrogens (tertiary/aromatic N) is 2. The molecule has 0 saturated carbocycles. The molecule has 17 heavy (non-hydrogen) atoms. The van der Waals surface area contributed by atoms with Gasteiger partial charge in [0.1, 0.15) is 12.1 Å². The number of nitrogens with two attached hydrogens (primary N) is 1. The highest BCUT2D eigenvalue weighted by Crippen LogP contribution is 2.26. The van der Waals surface area contributed by atoms with Crippen molar-refractivity contribution in [1.29, 1.82) is 0 Å². The molecule has 0 aliphatic heterocycles. The summed E-state index contributed by atoms with van der Waals surface area (Å²) in [6.07, 6.45) is 1.40. The smallest absolute Gasteiger partial charge is 0.221 e. The Morgan fingerprint density at radius 1 is 1.24 bits per heavy atom. The molecule has 0 aliphatic carbocycles. The van der Waals surface area contributed by atoms with E-state index in [0.29, 0.717) is 17.1 Å². The number of rotatable bonds is 3. The van der Waals surface area contributed by atoms with Crippen molar-refractivity contribution in [1.82, 2.24) is 9.97 Å². The Labute approximate surface area is 98.3 Å². The molecule has 2 aromatic rings. The van der Waals surface area contributed by atoms with Crippen molar-refractivity contribution in [3.8, 4) is 17.1 Å². The van der Waals surface area contributed by atoms with Crippen molar-refractivity contribution in [2.24, 2.45) is 5.73 Å². The van der Waals surface area contributed by atoms with Crippen LogP contribution in [0.2, 0.25) is 0 Å². The summed E-state index contributed by atoms with van der Waals surface area (Å²) >= 11 is 0. The molecule has 0 spiro atoms. The first kappa shape index (κ1) is 11.5. The monoisotopic (exact) mass is 233 g/mol. The third kappa shape index (κ3) is 2.24. The zero-order valence-electron chi connectivity index (χ0n) is 9.35. The number of hydrogen-bond donors (Lipinski definition) is 1. The quantitative estimate of drug-likeness (QED) is 0.877. The molecule has 5 heteroatoms. The van der Waals surface area contributed by atoms with E-state index >= 15 is 0 Å². The van der Waals surface area contributed by atoms with Gasteiger partial charge in [0.15, 0.2) is 0 Å². The third-order valence-corrected chi connectivity index (χ3v) is 2.42. The minimum atomic E-state index is -0.288. The van der Waals surface area contributed by atoms with E-state index in [9.17, 15) is 4.39 Å². The molecular formula is C12H12FN3O. The molecule has 1 heterocycles. The van der Waals surface area contributed by atoms with E-state index in [4.69, 9.17) is 10.5 Å². The predicted octanol–water partition coefficient (Wildman–Crippen LogP) is 1.75. The molecule has 0 saturated heterocycles. The van der Waals surface area contributed by atoms with Crippen LogP contribution in [-0.2, 0) is 6.54 Å². The first-order valence-corrected chi connectivity index (χ1v) is 5.10. The molecule has 0 bridgehead atoms. The minimum absolute atomic E-state index is 0.261. The number of halogens is 1. The molecule has 0 atom stereocenters. The Hall–Kier alpha value is -2.01. The summed E-state index contributed by atoms with van der Waals surface area (Å²) in [5, 5.41) is 0. The van der Waals surface area contributed by atoms with Crippen LogP contribution in [0.4, 0.5) is 4.39 Å². The molecule has 88 valence electrons. The van der Waals surface area contributed by atoms with Crippen LogP contribution < -0.4 is 10.5 Å². The van der Waals surface area contributed by atoms with Gasteiger partial charge in [0.05, 0.1) is 18.4 Å². The highest BCUT2D eigenvalue weighted by molar-refractivity contribution is 5.64. The lowest BCUT2D eigenvalue weighted by Crippen LogP contribution is -2.05. The largest absolute Gasteiger partial charge is 0.481 e. The van der Waals surface area contributed by atoms with Gasteiger partial charge in [0.25, 0.3) is 0 Å². The van der Waals surface area contributed by atoms with E-state index in [2.05, 4.69) is 9.97 Å². The summed E-state index contributed by atoms with van der Waals surface area (Å²) in [4.78, 5) is 8.15. The molecule has 2 rings (SSSR count). The van der Waals surface area contributed by atoms with Crippen molar-refractivity contribution in [2.75, 3.05) is 7.11 Å². The topological polar surface area (TPSA) is 61.0 Å². The first-order chi connectivity index (χ1) is 8.26. The summed E-state index contributed by atoms with van der Waals surface area (Å²) in [5.74, 6) is 0.158. The SMILES string of the molecule is COc1ncnc(-c2ccc(F)cc2)c1CN. The number of hydrogen-bond acceptors (Lipinski definition) is 4. The van der Waals surface area contributed by atoms with Crippen LogP contribution in [0.1, 0.15) is 5.56 Å². The number of aromatic nitrogens is 2. The van der Waals surface area contributed by atoms with Crippen molar-refractivity contribution in [2.45, 2.75) is 6.54 Å². The fourth-order valence-electron chi connectivity index (χ4n) is 1.61. The fourth-order valence-corrected chi connectivity index (χ4v) is 1.61. The average Bonchev–Trinajstić information content (AvgIpc) is 2.38. The Bertz CT molecular complexity index is 514. The van der Waals surface area contributed by atoms with E-state index in [1.807, 2.05) is 0 Å². The van der Waals surface area contributed by atoms with Gasteiger partial charge in [-0.3, -0.25) is 0 Å². The van der Waals surface area contributed by atoms with Crippen molar-refractivity contribution in [3.05, 3.63) is 42.0 Å². The molecule has 4 nitrogen and oxygen atoms in total.